The highest BCUT2D eigenvalue weighted by Crippen LogP contribution is 2.32. The Bertz CT molecular complexity index is 617. The SMILES string of the molecule is CN1CC[C@H](C(=O)NCCCO[C@H]2CCCc3ccccc32)CC1=O. The second kappa shape index (κ2) is 8.48. The third-order valence-corrected chi connectivity index (χ3v) is 5.28. The smallest absolute Gasteiger partial charge is 0.223 e. The minimum Gasteiger partial charge on any atom is -0.373 e. The van der Waals surface area contributed by atoms with E-state index < -0.39 is 0 Å². The van der Waals surface area contributed by atoms with Crippen LogP contribution in [0.4, 0.5) is 0 Å². The van der Waals surface area contributed by atoms with Gasteiger partial charge in [0.25, 0.3) is 0 Å². The molecule has 1 aliphatic carbocycles. The molecule has 2 atom stereocenters. The number of likely N-dealkylation sites (tertiary alicyclic amines) is 1. The van der Waals surface area contributed by atoms with Crippen LogP contribution >= 0.6 is 0 Å². The molecule has 25 heavy (non-hydrogen) atoms. The highest BCUT2D eigenvalue weighted by molar-refractivity contribution is 5.86. The molecule has 1 heterocycles. The number of hydrogen-bond donors (Lipinski definition) is 1. The molecule has 0 unspecified atom stereocenters. The highest BCUT2D eigenvalue weighted by atomic mass is 16.5. The van der Waals surface area contributed by atoms with E-state index in [1.54, 1.807) is 11.9 Å². The summed E-state index contributed by atoms with van der Waals surface area (Å²) in [6.45, 7) is 1.92. The van der Waals surface area contributed by atoms with Gasteiger partial charge in [-0.15, -0.1) is 0 Å². The lowest BCUT2D eigenvalue weighted by molar-refractivity contribution is -0.139. The molecule has 5 nitrogen and oxygen atoms in total. The average Bonchev–Trinajstić information content (AvgIpc) is 2.63. The Balaban J connectivity index is 1.36. The molecule has 1 saturated heterocycles. The molecule has 1 aliphatic heterocycles. The lowest BCUT2D eigenvalue weighted by Gasteiger charge is -2.28. The van der Waals surface area contributed by atoms with Gasteiger partial charge in [0, 0.05) is 39.1 Å². The second-order valence-electron chi connectivity index (χ2n) is 7.10. The molecule has 0 radical (unpaired) electrons. The maximum absolute atomic E-state index is 12.2. The number of benzene rings is 1. The van der Waals surface area contributed by atoms with Crippen LogP contribution in [0.2, 0.25) is 0 Å². The normalized spacial score (nSPS) is 23.2. The molecular formula is C20H28N2O3. The van der Waals surface area contributed by atoms with Gasteiger partial charge in [0.15, 0.2) is 0 Å². The number of fused-ring (bicyclic) bond motifs is 1. The van der Waals surface area contributed by atoms with E-state index in [0.29, 0.717) is 26.1 Å². The van der Waals surface area contributed by atoms with Gasteiger partial charge in [-0.2, -0.15) is 0 Å². The standard InChI is InChI=1S/C20H28N2O3/c1-22-12-10-16(14-19(22)23)20(24)21-11-5-13-25-18-9-4-7-15-6-2-3-8-17(15)18/h2-3,6,8,16,18H,4-5,7,9-14H2,1H3,(H,21,24)/t16-,18-/m0/s1. The van der Waals surface area contributed by atoms with Crippen molar-refractivity contribution >= 4 is 11.8 Å². The number of piperidine rings is 1. The number of hydrogen-bond acceptors (Lipinski definition) is 3. The van der Waals surface area contributed by atoms with E-state index in [9.17, 15) is 9.59 Å². The van der Waals surface area contributed by atoms with E-state index in [1.807, 2.05) is 0 Å². The molecule has 2 amide bonds. The summed E-state index contributed by atoms with van der Waals surface area (Å²) in [6, 6.07) is 8.51. The first kappa shape index (κ1) is 17.9. The molecule has 1 aromatic carbocycles. The molecule has 5 heteroatoms. The van der Waals surface area contributed by atoms with Crippen molar-refractivity contribution in [3.63, 3.8) is 0 Å². The minimum atomic E-state index is -0.171. The van der Waals surface area contributed by atoms with Crippen molar-refractivity contribution in [1.29, 1.82) is 0 Å². The summed E-state index contributed by atoms with van der Waals surface area (Å²) >= 11 is 0. The van der Waals surface area contributed by atoms with E-state index in [1.165, 1.54) is 17.5 Å². The van der Waals surface area contributed by atoms with Crippen molar-refractivity contribution < 1.29 is 14.3 Å². The summed E-state index contributed by atoms with van der Waals surface area (Å²) < 4.78 is 6.06. The van der Waals surface area contributed by atoms with E-state index >= 15 is 0 Å². The Labute approximate surface area is 149 Å². The molecule has 0 bridgehead atoms. The Kier molecular flexibility index (Phi) is 6.08. The third-order valence-electron chi connectivity index (χ3n) is 5.28. The van der Waals surface area contributed by atoms with Crippen molar-refractivity contribution in [3.8, 4) is 0 Å². The molecule has 0 saturated carbocycles. The zero-order valence-electron chi connectivity index (χ0n) is 15.0. The van der Waals surface area contributed by atoms with Gasteiger partial charge < -0.3 is 15.0 Å². The summed E-state index contributed by atoms with van der Waals surface area (Å²) in [5, 5.41) is 2.95. The fraction of sp³-hybridized carbons (Fsp3) is 0.600. The van der Waals surface area contributed by atoms with Gasteiger partial charge in [-0.3, -0.25) is 9.59 Å². The van der Waals surface area contributed by atoms with E-state index in [2.05, 4.69) is 29.6 Å². The molecule has 0 aromatic heterocycles. The Morgan fingerprint density at radius 3 is 3.00 bits per heavy atom. The van der Waals surface area contributed by atoms with Crippen LogP contribution in [0.1, 0.15) is 49.3 Å². The number of rotatable bonds is 6. The van der Waals surface area contributed by atoms with Gasteiger partial charge >= 0.3 is 0 Å². The minimum absolute atomic E-state index is 0.00413. The highest BCUT2D eigenvalue weighted by Gasteiger charge is 2.28. The van der Waals surface area contributed by atoms with Gasteiger partial charge in [0.1, 0.15) is 0 Å². The number of nitrogens with one attached hydrogen (secondary N) is 1. The molecule has 0 spiro atoms. The number of amides is 2. The van der Waals surface area contributed by atoms with E-state index in [4.69, 9.17) is 4.74 Å². The fourth-order valence-electron chi connectivity index (χ4n) is 3.70. The zero-order chi connectivity index (χ0) is 17.6. The summed E-state index contributed by atoms with van der Waals surface area (Å²) in [5.74, 6) is -0.106. The van der Waals surface area contributed by atoms with Crippen molar-refractivity contribution in [3.05, 3.63) is 35.4 Å². The van der Waals surface area contributed by atoms with E-state index in [-0.39, 0.29) is 23.8 Å². The van der Waals surface area contributed by atoms with Crippen LogP contribution in [0.3, 0.4) is 0 Å². The lowest BCUT2D eigenvalue weighted by atomic mass is 9.89. The fourth-order valence-corrected chi connectivity index (χ4v) is 3.70. The van der Waals surface area contributed by atoms with Crippen LogP contribution in [0.5, 0.6) is 0 Å². The van der Waals surface area contributed by atoms with Gasteiger partial charge in [0.2, 0.25) is 11.8 Å². The summed E-state index contributed by atoms with van der Waals surface area (Å²) in [5.41, 5.74) is 2.72. The summed E-state index contributed by atoms with van der Waals surface area (Å²) in [4.78, 5) is 25.5. The first-order valence-electron chi connectivity index (χ1n) is 9.36. The quantitative estimate of drug-likeness (QED) is 0.807. The topological polar surface area (TPSA) is 58.6 Å². The summed E-state index contributed by atoms with van der Waals surface area (Å²) in [6.07, 6.45) is 5.45. The largest absolute Gasteiger partial charge is 0.373 e. The first-order valence-corrected chi connectivity index (χ1v) is 9.36. The van der Waals surface area contributed by atoms with Gasteiger partial charge in [0.05, 0.1) is 6.10 Å². The molecule has 1 fully saturated rings. The van der Waals surface area contributed by atoms with Crippen molar-refractivity contribution in [2.24, 2.45) is 5.92 Å². The number of nitrogens with zero attached hydrogens (tertiary/aromatic N) is 1. The number of carbonyl (C=O) groups is 2. The van der Waals surface area contributed by atoms with Crippen LogP contribution in [-0.4, -0.2) is 43.5 Å². The van der Waals surface area contributed by atoms with Gasteiger partial charge in [-0.1, -0.05) is 24.3 Å². The van der Waals surface area contributed by atoms with Crippen LogP contribution in [-0.2, 0) is 20.7 Å². The predicted molar refractivity (Wildman–Crippen MR) is 96.1 cm³/mol. The number of ether oxygens (including phenoxy) is 1. The van der Waals surface area contributed by atoms with Gasteiger partial charge in [-0.25, -0.2) is 0 Å². The first-order chi connectivity index (χ1) is 12.1. The number of aryl methyl sites for hydroxylation is 1. The third kappa shape index (κ3) is 4.60. The Morgan fingerprint density at radius 2 is 2.16 bits per heavy atom. The van der Waals surface area contributed by atoms with Crippen molar-refractivity contribution in [1.82, 2.24) is 10.2 Å². The maximum Gasteiger partial charge on any atom is 0.223 e. The summed E-state index contributed by atoms with van der Waals surface area (Å²) in [7, 11) is 1.79. The Morgan fingerprint density at radius 1 is 1.32 bits per heavy atom. The second-order valence-corrected chi connectivity index (χ2v) is 7.10. The van der Waals surface area contributed by atoms with E-state index in [0.717, 1.165) is 25.7 Å². The van der Waals surface area contributed by atoms with Crippen LogP contribution in [0.25, 0.3) is 0 Å². The predicted octanol–water partition coefficient (Wildman–Crippen LogP) is 2.46. The average molecular weight is 344 g/mol. The molecule has 1 aromatic rings. The molecule has 3 rings (SSSR count). The molecule has 2 aliphatic rings. The zero-order valence-corrected chi connectivity index (χ0v) is 15.0. The van der Waals surface area contributed by atoms with Crippen LogP contribution < -0.4 is 5.32 Å². The van der Waals surface area contributed by atoms with Crippen LogP contribution in [0.15, 0.2) is 24.3 Å². The molecule has 1 N–H and O–H groups in total. The Hall–Kier alpha value is -1.88. The van der Waals surface area contributed by atoms with Crippen molar-refractivity contribution in [2.45, 2.75) is 44.6 Å². The maximum atomic E-state index is 12.2. The molecule has 136 valence electrons. The number of carbonyl (C=O) groups excluding carboxylic acids is 2. The lowest BCUT2D eigenvalue weighted by Crippen LogP contribution is -2.42. The van der Waals surface area contributed by atoms with Gasteiger partial charge in [-0.05, 0) is 43.2 Å². The molecular weight excluding hydrogens is 316 g/mol. The van der Waals surface area contributed by atoms with Crippen LogP contribution in [0, 0.1) is 5.92 Å². The monoisotopic (exact) mass is 344 g/mol. The van der Waals surface area contributed by atoms with Crippen molar-refractivity contribution in [2.75, 3.05) is 26.7 Å².